The molecule has 1 atom stereocenters. The fourth-order valence-corrected chi connectivity index (χ4v) is 5.39. The van der Waals surface area contributed by atoms with Gasteiger partial charge in [-0.25, -0.2) is 4.68 Å². The van der Waals surface area contributed by atoms with Crippen molar-refractivity contribution in [3.8, 4) is 11.5 Å². The van der Waals surface area contributed by atoms with Crippen LogP contribution < -0.4 is 19.9 Å². The smallest absolute Gasteiger partial charge is 0.253 e. The number of rotatable bonds is 6. The topological polar surface area (TPSA) is 101 Å². The van der Waals surface area contributed by atoms with Crippen LogP contribution in [0.2, 0.25) is 0 Å². The van der Waals surface area contributed by atoms with Gasteiger partial charge in [0, 0.05) is 48.9 Å². The molecular formula is C29H37N7O3. The minimum atomic E-state index is -0.429. The number of hydrogen-bond donors (Lipinski definition) is 1. The van der Waals surface area contributed by atoms with Crippen molar-refractivity contribution in [2.75, 3.05) is 45.3 Å². The number of ether oxygens (including phenoxy) is 2. The maximum atomic E-state index is 13.7. The molecule has 0 bridgehead atoms. The van der Waals surface area contributed by atoms with E-state index in [0.717, 1.165) is 31.6 Å². The number of aryl methyl sites for hydroxylation is 1. The Labute approximate surface area is 228 Å². The quantitative estimate of drug-likeness (QED) is 0.401. The van der Waals surface area contributed by atoms with Crippen LogP contribution >= 0.6 is 0 Å². The van der Waals surface area contributed by atoms with E-state index in [-0.39, 0.29) is 11.1 Å². The zero-order valence-electron chi connectivity index (χ0n) is 23.8. The largest absolute Gasteiger partial charge is 0.493 e. The molecule has 0 aliphatic carbocycles. The zero-order chi connectivity index (χ0) is 27.9. The van der Waals surface area contributed by atoms with Crippen LogP contribution in [0.15, 0.2) is 41.2 Å². The Bertz CT molecular complexity index is 1550. The number of nitrogens with one attached hydrogen (secondary N) is 1. The van der Waals surface area contributed by atoms with Gasteiger partial charge in [0.2, 0.25) is 0 Å². The van der Waals surface area contributed by atoms with Crippen LogP contribution in [0.1, 0.15) is 49.3 Å². The van der Waals surface area contributed by atoms with Crippen LogP contribution in [-0.2, 0) is 5.54 Å². The van der Waals surface area contributed by atoms with E-state index >= 15 is 0 Å². The Hall–Kier alpha value is -3.92. The number of hydrogen-bond acceptors (Lipinski definition) is 8. The highest BCUT2D eigenvalue weighted by Crippen LogP contribution is 2.35. The normalized spacial score (nSPS) is 15.5. The Balaban J connectivity index is 1.58. The fraction of sp³-hybridized carbons (Fsp3) is 0.448. The second kappa shape index (κ2) is 10.3. The molecule has 10 heteroatoms. The third-order valence-corrected chi connectivity index (χ3v) is 7.64. The summed E-state index contributed by atoms with van der Waals surface area (Å²) in [6.07, 6.45) is 0. The Morgan fingerprint density at radius 3 is 2.33 bits per heavy atom. The molecule has 0 unspecified atom stereocenters. The van der Waals surface area contributed by atoms with Gasteiger partial charge >= 0.3 is 0 Å². The molecule has 4 aromatic rings. The molecular weight excluding hydrogens is 494 g/mol. The number of aromatic nitrogens is 5. The molecule has 206 valence electrons. The molecule has 1 aliphatic rings. The molecule has 1 saturated heterocycles. The third-order valence-electron chi connectivity index (χ3n) is 7.64. The number of methoxy groups -OCH3 is 2. The molecule has 2 aromatic carbocycles. The molecule has 0 saturated carbocycles. The van der Waals surface area contributed by atoms with Gasteiger partial charge in [0.1, 0.15) is 6.04 Å². The van der Waals surface area contributed by atoms with E-state index in [2.05, 4.69) is 83.1 Å². The Morgan fingerprint density at radius 1 is 0.974 bits per heavy atom. The van der Waals surface area contributed by atoms with E-state index in [0.29, 0.717) is 28.4 Å². The van der Waals surface area contributed by atoms with Crippen molar-refractivity contribution in [3.05, 3.63) is 69.3 Å². The molecule has 5 rings (SSSR count). The van der Waals surface area contributed by atoms with Gasteiger partial charge in [-0.3, -0.25) is 9.69 Å². The first kappa shape index (κ1) is 26.7. The van der Waals surface area contributed by atoms with Gasteiger partial charge in [-0.15, -0.1) is 5.10 Å². The van der Waals surface area contributed by atoms with Gasteiger partial charge in [0.25, 0.3) is 5.56 Å². The SMILES string of the molecule is COc1cc2cc([C@@H](c3nnnn3C(C)(C)C)N3CCN(c4cccc(C)c4C)CC3)c(=O)[nH]c2cc1OC. The predicted molar refractivity (Wildman–Crippen MR) is 152 cm³/mol. The summed E-state index contributed by atoms with van der Waals surface area (Å²) < 4.78 is 12.8. The molecule has 1 aliphatic heterocycles. The van der Waals surface area contributed by atoms with E-state index in [1.54, 1.807) is 20.3 Å². The molecule has 0 radical (unpaired) electrons. The Morgan fingerprint density at radius 2 is 1.67 bits per heavy atom. The molecule has 0 spiro atoms. The minimum Gasteiger partial charge on any atom is -0.493 e. The van der Waals surface area contributed by atoms with E-state index in [9.17, 15) is 4.79 Å². The van der Waals surface area contributed by atoms with Crippen LogP contribution in [0.5, 0.6) is 11.5 Å². The lowest BCUT2D eigenvalue weighted by molar-refractivity contribution is 0.190. The van der Waals surface area contributed by atoms with Gasteiger partial charge in [-0.2, -0.15) is 0 Å². The summed E-state index contributed by atoms with van der Waals surface area (Å²) in [5.41, 5.74) is 4.57. The highest BCUT2D eigenvalue weighted by Gasteiger charge is 2.35. The minimum absolute atomic E-state index is 0.180. The Kier molecular flexibility index (Phi) is 7.07. The van der Waals surface area contributed by atoms with E-state index in [4.69, 9.17) is 9.47 Å². The van der Waals surface area contributed by atoms with Gasteiger partial charge in [0.15, 0.2) is 17.3 Å². The lowest BCUT2D eigenvalue weighted by Gasteiger charge is -2.40. The summed E-state index contributed by atoms with van der Waals surface area (Å²) >= 11 is 0. The van der Waals surface area contributed by atoms with E-state index in [1.807, 2.05) is 16.8 Å². The average Bonchev–Trinajstić information content (AvgIpc) is 3.41. The number of anilines is 1. The number of H-pyrrole nitrogens is 1. The first-order valence-corrected chi connectivity index (χ1v) is 13.2. The first-order valence-electron chi connectivity index (χ1n) is 13.2. The van der Waals surface area contributed by atoms with Crippen LogP contribution in [0.25, 0.3) is 10.9 Å². The van der Waals surface area contributed by atoms with Crippen molar-refractivity contribution in [2.24, 2.45) is 0 Å². The molecule has 39 heavy (non-hydrogen) atoms. The molecule has 3 heterocycles. The summed E-state index contributed by atoms with van der Waals surface area (Å²) in [6.45, 7) is 13.7. The van der Waals surface area contributed by atoms with Crippen LogP contribution in [0, 0.1) is 13.8 Å². The molecule has 0 amide bonds. The van der Waals surface area contributed by atoms with Gasteiger partial charge in [-0.05, 0) is 74.4 Å². The molecule has 2 aromatic heterocycles. The predicted octanol–water partition coefficient (Wildman–Crippen LogP) is 3.82. The lowest BCUT2D eigenvalue weighted by Crippen LogP contribution is -2.49. The lowest BCUT2D eigenvalue weighted by atomic mass is 10.0. The second-order valence-corrected chi connectivity index (χ2v) is 11.1. The summed E-state index contributed by atoms with van der Waals surface area (Å²) in [4.78, 5) is 21.5. The van der Waals surface area contributed by atoms with Crippen LogP contribution in [0.3, 0.4) is 0 Å². The molecule has 1 N–H and O–H groups in total. The van der Waals surface area contributed by atoms with E-state index in [1.165, 1.54) is 16.8 Å². The number of benzene rings is 2. The summed E-state index contributed by atoms with van der Waals surface area (Å²) in [6, 6.07) is 11.6. The standard InChI is InChI=1S/C29H37N7O3/c1-18-9-8-10-23(19(18)2)34-11-13-35(14-12-34)26(27-31-32-33-36(27)29(3,4)5)21-15-20-16-24(38-6)25(39-7)17-22(20)30-28(21)37/h8-10,15-17,26H,11-14H2,1-7H3,(H,30,37)/t26-/m0/s1. The zero-order valence-corrected chi connectivity index (χ0v) is 23.8. The van der Waals surface area contributed by atoms with Crippen LogP contribution in [-0.4, -0.2) is 70.5 Å². The maximum Gasteiger partial charge on any atom is 0.253 e. The van der Waals surface area contributed by atoms with Crippen molar-refractivity contribution in [3.63, 3.8) is 0 Å². The van der Waals surface area contributed by atoms with Crippen molar-refractivity contribution in [1.29, 1.82) is 0 Å². The monoisotopic (exact) mass is 531 g/mol. The fourth-order valence-electron chi connectivity index (χ4n) is 5.39. The van der Waals surface area contributed by atoms with Gasteiger partial charge in [-0.1, -0.05) is 12.1 Å². The average molecular weight is 532 g/mol. The maximum absolute atomic E-state index is 13.7. The van der Waals surface area contributed by atoms with Crippen molar-refractivity contribution in [1.82, 2.24) is 30.1 Å². The number of aromatic amines is 1. The summed E-state index contributed by atoms with van der Waals surface area (Å²) in [5, 5.41) is 13.7. The summed E-state index contributed by atoms with van der Waals surface area (Å²) in [7, 11) is 3.18. The van der Waals surface area contributed by atoms with Crippen molar-refractivity contribution < 1.29 is 9.47 Å². The van der Waals surface area contributed by atoms with Gasteiger partial charge < -0.3 is 19.4 Å². The highest BCUT2D eigenvalue weighted by atomic mass is 16.5. The number of tetrazole rings is 1. The first-order chi connectivity index (χ1) is 18.6. The highest BCUT2D eigenvalue weighted by molar-refractivity contribution is 5.83. The van der Waals surface area contributed by atoms with E-state index < -0.39 is 6.04 Å². The number of fused-ring (bicyclic) bond motifs is 1. The van der Waals surface area contributed by atoms with Crippen molar-refractivity contribution >= 4 is 16.6 Å². The number of pyridine rings is 1. The molecule has 10 nitrogen and oxygen atoms in total. The number of piperazine rings is 1. The number of nitrogens with zero attached hydrogens (tertiary/aromatic N) is 6. The van der Waals surface area contributed by atoms with Gasteiger partial charge in [0.05, 0.1) is 25.3 Å². The molecule has 1 fully saturated rings. The third kappa shape index (κ3) is 4.96. The summed E-state index contributed by atoms with van der Waals surface area (Å²) in [5.74, 6) is 1.80. The second-order valence-electron chi connectivity index (χ2n) is 11.1. The van der Waals surface area contributed by atoms with Crippen LogP contribution in [0.4, 0.5) is 5.69 Å². The van der Waals surface area contributed by atoms with Crippen molar-refractivity contribution in [2.45, 2.75) is 46.2 Å².